The largest absolute Gasteiger partial charge is 0.455 e. The fourth-order valence-corrected chi connectivity index (χ4v) is 5.06. The molecule has 0 radical (unpaired) electrons. The minimum Gasteiger partial charge on any atom is -0.455 e. The fourth-order valence-electron chi connectivity index (χ4n) is 5.06. The Kier molecular flexibility index (Phi) is 5.29. The lowest BCUT2D eigenvalue weighted by Gasteiger charge is -2.31. The molecule has 5 rings (SSSR count). The molecule has 0 amide bonds. The Balaban J connectivity index is 1.43. The van der Waals surface area contributed by atoms with Crippen LogP contribution in [-0.2, 0) is 15.9 Å². The molecule has 4 unspecified atom stereocenters. The zero-order valence-corrected chi connectivity index (χ0v) is 17.1. The predicted molar refractivity (Wildman–Crippen MR) is 117 cm³/mol. The van der Waals surface area contributed by atoms with Crippen LogP contribution < -0.4 is 0 Å². The molecule has 31 heavy (non-hydrogen) atoms. The fraction of sp³-hybridized carbons (Fsp3) is 0.259. The molecule has 2 aliphatic carbocycles. The van der Waals surface area contributed by atoms with Crippen molar-refractivity contribution < 1.29 is 19.1 Å². The van der Waals surface area contributed by atoms with Crippen molar-refractivity contribution in [2.75, 3.05) is 0 Å². The van der Waals surface area contributed by atoms with Gasteiger partial charge in [-0.1, -0.05) is 60.7 Å². The molecular formula is C27H24O4. The van der Waals surface area contributed by atoms with Crippen LogP contribution >= 0.6 is 0 Å². The van der Waals surface area contributed by atoms with Gasteiger partial charge in [-0.15, -0.1) is 0 Å². The molecule has 1 saturated carbocycles. The summed E-state index contributed by atoms with van der Waals surface area (Å²) >= 11 is 0. The van der Waals surface area contributed by atoms with Gasteiger partial charge in [-0.3, -0.25) is 0 Å². The number of carbonyl (C=O) groups is 2. The third-order valence-corrected chi connectivity index (χ3v) is 6.51. The number of aryl methyl sites for hydroxylation is 1. The molecule has 1 fully saturated rings. The van der Waals surface area contributed by atoms with Crippen molar-refractivity contribution in [1.82, 2.24) is 0 Å². The highest BCUT2D eigenvalue weighted by atomic mass is 16.6. The topological polar surface area (TPSA) is 52.6 Å². The van der Waals surface area contributed by atoms with E-state index in [0.29, 0.717) is 17.5 Å². The van der Waals surface area contributed by atoms with Crippen molar-refractivity contribution >= 4 is 11.9 Å². The Morgan fingerprint density at radius 3 is 1.97 bits per heavy atom. The van der Waals surface area contributed by atoms with Gasteiger partial charge in [0.05, 0.1) is 11.1 Å². The number of hydrogen-bond donors (Lipinski definition) is 0. The predicted octanol–water partition coefficient (Wildman–Crippen LogP) is 5.19. The normalized spacial score (nSPS) is 24.0. The monoisotopic (exact) mass is 412 g/mol. The summed E-state index contributed by atoms with van der Waals surface area (Å²) in [5.41, 5.74) is 3.64. The molecular weight excluding hydrogens is 388 g/mol. The van der Waals surface area contributed by atoms with Gasteiger partial charge in [0.1, 0.15) is 12.2 Å². The van der Waals surface area contributed by atoms with E-state index >= 15 is 0 Å². The van der Waals surface area contributed by atoms with Crippen LogP contribution in [0.15, 0.2) is 84.9 Å². The van der Waals surface area contributed by atoms with E-state index in [2.05, 4.69) is 24.3 Å². The van der Waals surface area contributed by atoms with Gasteiger partial charge >= 0.3 is 11.9 Å². The zero-order chi connectivity index (χ0) is 21.2. The Morgan fingerprint density at radius 2 is 1.29 bits per heavy atom. The van der Waals surface area contributed by atoms with E-state index in [9.17, 15) is 9.59 Å². The van der Waals surface area contributed by atoms with Gasteiger partial charge in [0.15, 0.2) is 0 Å². The summed E-state index contributed by atoms with van der Waals surface area (Å²) in [6, 6.07) is 26.4. The van der Waals surface area contributed by atoms with Crippen LogP contribution in [0.2, 0.25) is 0 Å². The summed E-state index contributed by atoms with van der Waals surface area (Å²) in [5, 5.41) is 0. The van der Waals surface area contributed by atoms with Crippen molar-refractivity contribution in [2.24, 2.45) is 5.92 Å². The molecule has 0 aliphatic heterocycles. The van der Waals surface area contributed by atoms with E-state index in [1.165, 1.54) is 11.1 Å². The van der Waals surface area contributed by atoms with Crippen molar-refractivity contribution in [3.05, 3.63) is 107 Å². The SMILES string of the molecule is O=C(OC1CC2c3ccccc3CCC2C1OC(=O)c1ccccc1)c1ccccc1. The first-order valence-electron chi connectivity index (χ1n) is 10.8. The maximum Gasteiger partial charge on any atom is 0.338 e. The number of esters is 2. The second kappa shape index (κ2) is 8.38. The maximum atomic E-state index is 12.9. The van der Waals surface area contributed by atoms with Crippen LogP contribution in [0, 0.1) is 5.92 Å². The highest BCUT2D eigenvalue weighted by Gasteiger charge is 2.50. The van der Waals surface area contributed by atoms with E-state index in [-0.39, 0.29) is 23.8 Å². The molecule has 0 spiro atoms. The number of rotatable bonds is 4. The van der Waals surface area contributed by atoms with E-state index in [0.717, 1.165) is 12.8 Å². The van der Waals surface area contributed by atoms with Gasteiger partial charge in [0.2, 0.25) is 0 Å². The molecule has 4 nitrogen and oxygen atoms in total. The Hall–Kier alpha value is -3.40. The van der Waals surface area contributed by atoms with Crippen molar-refractivity contribution in [3.8, 4) is 0 Å². The molecule has 0 aromatic heterocycles. The van der Waals surface area contributed by atoms with E-state index < -0.39 is 12.2 Å². The minimum atomic E-state index is -0.471. The summed E-state index contributed by atoms with van der Waals surface area (Å²) in [4.78, 5) is 25.6. The Morgan fingerprint density at radius 1 is 0.710 bits per heavy atom. The Bertz CT molecular complexity index is 1080. The van der Waals surface area contributed by atoms with Crippen LogP contribution in [-0.4, -0.2) is 24.1 Å². The molecule has 0 saturated heterocycles. The van der Waals surface area contributed by atoms with Crippen molar-refractivity contribution in [3.63, 3.8) is 0 Å². The smallest absolute Gasteiger partial charge is 0.338 e. The third kappa shape index (κ3) is 3.86. The molecule has 0 bridgehead atoms. The molecule has 0 N–H and O–H groups in total. The van der Waals surface area contributed by atoms with Gasteiger partial charge < -0.3 is 9.47 Å². The van der Waals surface area contributed by atoms with Crippen molar-refractivity contribution in [1.29, 1.82) is 0 Å². The van der Waals surface area contributed by atoms with Gasteiger partial charge in [0, 0.05) is 5.92 Å². The van der Waals surface area contributed by atoms with Crippen LogP contribution in [0.1, 0.15) is 50.6 Å². The minimum absolute atomic E-state index is 0.135. The van der Waals surface area contributed by atoms with Crippen LogP contribution in [0.3, 0.4) is 0 Å². The number of carbonyl (C=O) groups excluding carboxylic acids is 2. The number of benzene rings is 3. The molecule has 156 valence electrons. The summed E-state index contributed by atoms with van der Waals surface area (Å²) in [5.74, 6) is -0.396. The average molecular weight is 412 g/mol. The zero-order valence-electron chi connectivity index (χ0n) is 17.1. The number of ether oxygens (including phenoxy) is 2. The lowest BCUT2D eigenvalue weighted by molar-refractivity contribution is -0.0364. The van der Waals surface area contributed by atoms with Gasteiger partial charge in [0.25, 0.3) is 0 Å². The molecule has 4 atom stereocenters. The Labute approximate surface area is 181 Å². The van der Waals surface area contributed by atoms with Crippen LogP contribution in [0.25, 0.3) is 0 Å². The summed E-state index contributed by atoms with van der Waals surface area (Å²) in [7, 11) is 0. The third-order valence-electron chi connectivity index (χ3n) is 6.51. The first-order valence-corrected chi connectivity index (χ1v) is 10.8. The van der Waals surface area contributed by atoms with Crippen molar-refractivity contribution in [2.45, 2.75) is 37.4 Å². The highest BCUT2D eigenvalue weighted by molar-refractivity contribution is 5.90. The number of fused-ring (bicyclic) bond motifs is 3. The van der Waals surface area contributed by atoms with E-state index in [1.54, 1.807) is 24.3 Å². The number of hydrogen-bond acceptors (Lipinski definition) is 4. The summed E-state index contributed by atoms with van der Waals surface area (Å²) in [6.07, 6.45) is 1.58. The first kappa shape index (κ1) is 19.6. The van der Waals surface area contributed by atoms with Gasteiger partial charge in [-0.2, -0.15) is 0 Å². The molecule has 2 aliphatic rings. The summed E-state index contributed by atoms with van der Waals surface area (Å²) < 4.78 is 12.0. The molecule has 3 aromatic rings. The molecule has 0 heterocycles. The lowest BCUT2D eigenvalue weighted by atomic mass is 9.76. The highest BCUT2D eigenvalue weighted by Crippen LogP contribution is 2.49. The van der Waals surface area contributed by atoms with E-state index in [1.807, 2.05) is 36.4 Å². The lowest BCUT2D eigenvalue weighted by Crippen LogP contribution is -2.36. The average Bonchev–Trinajstić information content (AvgIpc) is 3.17. The van der Waals surface area contributed by atoms with Gasteiger partial charge in [-0.25, -0.2) is 9.59 Å². The second-order valence-electron chi connectivity index (χ2n) is 8.29. The maximum absolute atomic E-state index is 12.9. The van der Waals surface area contributed by atoms with Gasteiger partial charge in [-0.05, 0) is 60.6 Å². The van der Waals surface area contributed by atoms with Crippen LogP contribution in [0.4, 0.5) is 0 Å². The molecule has 3 aromatic carbocycles. The van der Waals surface area contributed by atoms with E-state index in [4.69, 9.17) is 9.47 Å². The quantitative estimate of drug-likeness (QED) is 0.554. The first-order chi connectivity index (χ1) is 15.2. The summed E-state index contributed by atoms with van der Waals surface area (Å²) in [6.45, 7) is 0. The standard InChI is InChI=1S/C27H24O4/c28-26(19-10-3-1-4-11-19)30-24-17-23-21-14-8-7-9-18(21)15-16-22(23)25(24)31-27(29)20-12-5-2-6-13-20/h1-14,22-25H,15-17H2. The molecule has 4 heteroatoms. The second-order valence-corrected chi connectivity index (χ2v) is 8.29. The van der Waals surface area contributed by atoms with Crippen LogP contribution in [0.5, 0.6) is 0 Å².